The number of benzene rings is 2. The summed E-state index contributed by atoms with van der Waals surface area (Å²) in [7, 11) is 2.51. The molecule has 10 atom stereocenters. The Morgan fingerprint density at radius 3 is 1.59 bits per heavy atom. The molecule has 1 aromatic heterocycles. The van der Waals surface area contributed by atoms with Crippen molar-refractivity contribution in [3.05, 3.63) is 69.8 Å². The zero-order chi connectivity index (χ0) is 46.0. The number of esters is 7. The third kappa shape index (κ3) is 13.1. The highest BCUT2D eigenvalue weighted by Gasteiger charge is 2.57. The third-order valence-corrected chi connectivity index (χ3v) is 11.1. The molecule has 0 bridgehead atoms. The summed E-state index contributed by atoms with van der Waals surface area (Å²) in [5.41, 5.74) is 2.28. The first kappa shape index (κ1) is 48.2. The van der Waals surface area contributed by atoms with Crippen LogP contribution in [0.15, 0.2) is 64.6 Å². The maximum absolute atomic E-state index is 12.9. The second kappa shape index (κ2) is 22.0. The Bertz CT molecular complexity index is 2290. The normalized spacial score (nSPS) is 26.2. The number of nitrogens with zero attached hydrogens (tertiary/aromatic N) is 3. The highest BCUT2D eigenvalue weighted by atomic mass is 32.9. The molecule has 3 aromatic rings. The minimum atomic E-state index is -1.83. The maximum Gasteiger partial charge on any atom is 0.303 e. The fourth-order valence-electron chi connectivity index (χ4n) is 6.67. The summed E-state index contributed by atoms with van der Waals surface area (Å²) in [5.74, 6) is -5.89. The van der Waals surface area contributed by atoms with Gasteiger partial charge in [0.1, 0.15) is 31.5 Å². The van der Waals surface area contributed by atoms with Crippen LogP contribution in [-0.4, -0.2) is 121 Å². The van der Waals surface area contributed by atoms with E-state index in [9.17, 15) is 33.6 Å². The summed E-state index contributed by atoms with van der Waals surface area (Å²) in [6.45, 7) is 8.37. The van der Waals surface area contributed by atoms with E-state index in [0.29, 0.717) is 21.0 Å². The molecule has 0 amide bonds. The summed E-state index contributed by atoms with van der Waals surface area (Å²) < 4.78 is 59.7. The van der Waals surface area contributed by atoms with Gasteiger partial charge in [0.25, 0.3) is 0 Å². The highest BCUT2D eigenvalue weighted by molar-refractivity contribution is 7.67. The number of ether oxygens (including phenoxy) is 10. The van der Waals surface area contributed by atoms with Crippen molar-refractivity contribution in [1.82, 2.24) is 4.57 Å². The second-order valence-electron chi connectivity index (χ2n) is 14.1. The number of rotatable bonds is 14. The fraction of sp³-hybridized carbons (Fsp3) is 0.488. The average molecular weight is 918 g/mol. The van der Waals surface area contributed by atoms with Crippen LogP contribution in [0.2, 0.25) is 0 Å². The van der Waals surface area contributed by atoms with Gasteiger partial charge in [-0.1, -0.05) is 36.4 Å². The predicted octanol–water partition coefficient (Wildman–Crippen LogP) is 2.66. The molecule has 0 radical (unpaired) electrons. The molecule has 22 heteroatoms. The summed E-state index contributed by atoms with van der Waals surface area (Å²) >= 11 is 0. The first-order chi connectivity index (χ1) is 29.9. The molecule has 0 saturated carbocycles. The van der Waals surface area contributed by atoms with Crippen molar-refractivity contribution < 1.29 is 80.9 Å². The lowest BCUT2D eigenvalue weighted by atomic mass is 9.95. The highest BCUT2D eigenvalue weighted by Crippen LogP contribution is 2.35. The van der Waals surface area contributed by atoms with E-state index in [1.807, 2.05) is 61.5 Å². The Morgan fingerprint density at radius 1 is 0.556 bits per heavy atom. The lowest BCUT2D eigenvalue weighted by molar-refractivity contribution is -0.344. The molecule has 3 heterocycles. The smallest absolute Gasteiger partial charge is 0.303 e. The van der Waals surface area contributed by atoms with Gasteiger partial charge in [-0.2, -0.15) is 0 Å². The van der Waals surface area contributed by atoms with Crippen molar-refractivity contribution in [3.63, 3.8) is 0 Å². The lowest BCUT2D eigenvalue weighted by Gasteiger charge is -2.48. The number of aryl methyl sites for hydroxylation is 1. The third-order valence-electron chi connectivity index (χ3n) is 9.06. The zero-order valence-electron chi connectivity index (χ0n) is 35.5. The molecule has 340 valence electrons. The monoisotopic (exact) mass is 917 g/mol. The molecule has 0 unspecified atom stereocenters. The van der Waals surface area contributed by atoms with Gasteiger partial charge < -0.3 is 47.4 Å². The van der Waals surface area contributed by atoms with E-state index in [1.54, 1.807) is 4.57 Å². The van der Waals surface area contributed by atoms with Gasteiger partial charge in [0.05, 0.1) is 11.4 Å². The van der Waals surface area contributed by atoms with Gasteiger partial charge in [-0.15, -0.1) is 0 Å². The Kier molecular flexibility index (Phi) is 16.8. The van der Waals surface area contributed by atoms with Crippen LogP contribution in [0.5, 0.6) is 0 Å². The van der Waals surface area contributed by atoms with E-state index in [-0.39, 0.29) is 0 Å². The van der Waals surface area contributed by atoms with Crippen LogP contribution in [0.25, 0.3) is 5.69 Å². The topological polar surface area (TPSA) is 241 Å². The van der Waals surface area contributed by atoms with E-state index in [2.05, 4.69) is 0 Å². The molecule has 0 N–H and O–H groups in total. The van der Waals surface area contributed by atoms with Crippen LogP contribution >= 0.6 is 20.7 Å². The fourth-order valence-corrected chi connectivity index (χ4v) is 8.83. The molecular weight excluding hydrogens is 871 g/mol. The molecule has 5 rings (SSSR count). The first-order valence-electron chi connectivity index (χ1n) is 19.4. The number of hydrogen-bond acceptors (Lipinski definition) is 21. The van der Waals surface area contributed by atoms with Crippen LogP contribution in [0.3, 0.4) is 0 Å². The van der Waals surface area contributed by atoms with Gasteiger partial charge in [0.15, 0.2) is 43.0 Å². The van der Waals surface area contributed by atoms with Crippen LogP contribution < -0.4 is 9.60 Å². The van der Waals surface area contributed by atoms with E-state index >= 15 is 0 Å². The summed E-state index contributed by atoms with van der Waals surface area (Å²) in [6.07, 6.45) is -15.9. The van der Waals surface area contributed by atoms with Gasteiger partial charge in [0.2, 0.25) is 9.60 Å². The molecule has 2 fully saturated rings. The summed E-state index contributed by atoms with van der Waals surface area (Å²) in [6, 6.07) is 16.7. The van der Waals surface area contributed by atoms with Gasteiger partial charge in [0, 0.05) is 48.5 Å². The van der Waals surface area contributed by atoms with Gasteiger partial charge >= 0.3 is 41.8 Å². The van der Waals surface area contributed by atoms with Crippen LogP contribution in [0.4, 0.5) is 5.69 Å². The molecule has 0 spiro atoms. The van der Waals surface area contributed by atoms with Crippen molar-refractivity contribution in [2.75, 3.05) is 13.2 Å². The molecule has 2 saturated heterocycles. The van der Waals surface area contributed by atoms with Crippen LogP contribution in [0.1, 0.15) is 54.0 Å². The number of para-hydroxylation sites is 2. The van der Waals surface area contributed by atoms with Crippen molar-refractivity contribution in [3.8, 4) is 5.69 Å². The number of carbonyl (C=O) groups excluding carboxylic acids is 7. The molecular formula is C41H47N3O17S2. The number of hydrogen-bond donors (Lipinski definition) is 0. The van der Waals surface area contributed by atoms with E-state index in [0.717, 1.165) is 54.0 Å². The second-order valence-corrected chi connectivity index (χ2v) is 16.2. The number of aromatic nitrogens is 1. The van der Waals surface area contributed by atoms with Crippen molar-refractivity contribution in [1.29, 1.82) is 0 Å². The van der Waals surface area contributed by atoms with E-state index in [4.69, 9.17) is 57.4 Å². The largest absolute Gasteiger partial charge is 0.463 e. The summed E-state index contributed by atoms with van der Waals surface area (Å²) in [5, 5.41) is 0. The molecule has 63 heavy (non-hydrogen) atoms. The molecule has 2 aliphatic rings. The minimum Gasteiger partial charge on any atom is -0.463 e. The van der Waals surface area contributed by atoms with Crippen LogP contribution in [-0.2, 0) is 80.9 Å². The minimum absolute atomic E-state index is 0.312. The quantitative estimate of drug-likeness (QED) is 0.128. The summed E-state index contributed by atoms with van der Waals surface area (Å²) in [4.78, 5) is 98.2. The molecule has 2 aromatic carbocycles. The van der Waals surface area contributed by atoms with Crippen molar-refractivity contribution in [2.45, 2.75) is 117 Å². The predicted molar refractivity (Wildman–Crippen MR) is 217 cm³/mol. The van der Waals surface area contributed by atoms with E-state index in [1.165, 1.54) is 20.7 Å². The maximum atomic E-state index is 12.9. The zero-order valence-corrected chi connectivity index (χ0v) is 37.1. The van der Waals surface area contributed by atoms with Crippen LogP contribution in [0, 0.1) is 6.92 Å². The SMILES string of the molecule is CC(=O)OC[C@H]1O[C@@H](O[C@H]2[C@H](OC(C)=O)[C@@H](OC(C)=O)[C@H](/N=c3/ssc(=Nc4ccccc4C)n3-c3ccccc3)O[C@@H]2COC(C)=O)[C@H](OC(C)=O)[C@@H](OC(C)=O)[C@H]1OC(C)=O. The first-order valence-corrected chi connectivity index (χ1v) is 21.6. The number of carbonyl (C=O) groups is 7. The van der Waals surface area contributed by atoms with Gasteiger partial charge in [-0.05, 0) is 51.4 Å². The van der Waals surface area contributed by atoms with Crippen molar-refractivity contribution in [2.24, 2.45) is 9.98 Å². The molecule has 0 aliphatic carbocycles. The Morgan fingerprint density at radius 2 is 1.03 bits per heavy atom. The van der Waals surface area contributed by atoms with Gasteiger partial charge in [-0.3, -0.25) is 38.1 Å². The van der Waals surface area contributed by atoms with E-state index < -0.39 is 116 Å². The Hall–Kier alpha value is -5.81. The lowest BCUT2D eigenvalue weighted by Crippen LogP contribution is -2.67. The average Bonchev–Trinajstić information content (AvgIpc) is 3.59. The molecule has 20 nitrogen and oxygen atoms in total. The molecule has 2 aliphatic heterocycles. The van der Waals surface area contributed by atoms with Gasteiger partial charge in [-0.25, -0.2) is 9.98 Å². The standard InChI is InChI=1S/C41H47N3O17S2/c1-20-14-12-13-17-29(20)42-40-44(28-15-10-9-11-16-28)41(63-62-40)43-38-36(57-26(7)50)34(55-24(5)48)33(30(59-38)18-52-21(2)45)61-39-37(58-27(8)51)35(56-25(6)49)32(54-23(4)47)31(60-39)19-53-22(3)46/h9-17,30-39H,18-19H2,1-8H3/b42-40?,43-41+/t30-,31-,32+,33-,34+,35+,36-,37-,38-,39+/m1/s1. The van der Waals surface area contributed by atoms with Crippen molar-refractivity contribution >= 4 is 68.2 Å². The Labute approximate surface area is 368 Å². The Balaban J connectivity index is 1.68.